The van der Waals surface area contributed by atoms with Crippen LogP contribution in [0.2, 0.25) is 0 Å². The number of H-pyrrole nitrogens is 1. The van der Waals surface area contributed by atoms with E-state index in [1.807, 2.05) is 6.92 Å². The molecule has 1 rings (SSSR count). The summed E-state index contributed by atoms with van der Waals surface area (Å²) in [4.78, 5) is 0. The Morgan fingerprint density at radius 1 is 1.56 bits per heavy atom. The van der Waals surface area contributed by atoms with Crippen LogP contribution in [0.5, 0.6) is 0 Å². The molecule has 0 aliphatic carbocycles. The molecule has 1 aromatic heterocycles. The standard InChI is InChI=1S/C9H16ClN3O2S/c1-3-4-5-13(2)16(14,15)9-8(6-10)7-11-12-9/h7H,3-6H2,1-2H3,(H,11,12). The summed E-state index contributed by atoms with van der Waals surface area (Å²) in [6, 6.07) is 0. The quantitative estimate of drug-likeness (QED) is 0.794. The van der Waals surface area contributed by atoms with E-state index in [1.54, 1.807) is 7.05 Å². The molecule has 0 radical (unpaired) electrons. The highest BCUT2D eigenvalue weighted by molar-refractivity contribution is 7.89. The van der Waals surface area contributed by atoms with E-state index in [2.05, 4.69) is 10.2 Å². The summed E-state index contributed by atoms with van der Waals surface area (Å²) < 4.78 is 25.5. The Morgan fingerprint density at radius 2 is 2.25 bits per heavy atom. The Hall–Kier alpha value is -0.590. The summed E-state index contributed by atoms with van der Waals surface area (Å²) in [5.74, 6) is 0.132. The van der Waals surface area contributed by atoms with E-state index in [0.29, 0.717) is 12.1 Å². The lowest BCUT2D eigenvalue weighted by Crippen LogP contribution is -2.28. The molecule has 0 aromatic carbocycles. The van der Waals surface area contributed by atoms with Crippen LogP contribution in [0.15, 0.2) is 11.2 Å². The molecule has 1 N–H and O–H groups in total. The lowest BCUT2D eigenvalue weighted by Gasteiger charge is -2.15. The van der Waals surface area contributed by atoms with E-state index in [9.17, 15) is 8.42 Å². The Balaban J connectivity index is 2.93. The van der Waals surface area contributed by atoms with Crippen LogP contribution in [0, 0.1) is 0 Å². The van der Waals surface area contributed by atoms with E-state index in [-0.39, 0.29) is 10.9 Å². The fourth-order valence-corrected chi connectivity index (χ4v) is 2.86. The van der Waals surface area contributed by atoms with Gasteiger partial charge in [-0.3, -0.25) is 5.10 Å². The highest BCUT2D eigenvalue weighted by Gasteiger charge is 2.24. The van der Waals surface area contributed by atoms with Gasteiger partial charge in [-0.2, -0.15) is 9.40 Å². The summed E-state index contributed by atoms with van der Waals surface area (Å²) in [5.41, 5.74) is 0.505. The number of nitrogens with one attached hydrogen (secondary N) is 1. The van der Waals surface area contributed by atoms with E-state index in [1.165, 1.54) is 10.5 Å². The van der Waals surface area contributed by atoms with E-state index >= 15 is 0 Å². The highest BCUT2D eigenvalue weighted by Crippen LogP contribution is 2.18. The highest BCUT2D eigenvalue weighted by atomic mass is 35.5. The van der Waals surface area contributed by atoms with Crippen LogP contribution in [-0.2, 0) is 15.9 Å². The molecule has 5 nitrogen and oxygen atoms in total. The van der Waals surface area contributed by atoms with Crippen molar-refractivity contribution in [2.45, 2.75) is 30.7 Å². The molecule has 0 spiro atoms. The minimum Gasteiger partial charge on any atom is -0.266 e. The molecule has 0 aliphatic rings. The Kier molecular flexibility index (Phi) is 4.76. The van der Waals surface area contributed by atoms with Gasteiger partial charge in [-0.05, 0) is 6.42 Å². The van der Waals surface area contributed by atoms with Crippen LogP contribution in [0.3, 0.4) is 0 Å². The number of aromatic amines is 1. The van der Waals surface area contributed by atoms with Crippen molar-refractivity contribution in [2.75, 3.05) is 13.6 Å². The Labute approximate surface area is 101 Å². The lowest BCUT2D eigenvalue weighted by molar-refractivity contribution is 0.456. The maximum absolute atomic E-state index is 12.1. The molecule has 0 saturated carbocycles. The third-order valence-corrected chi connectivity index (χ3v) is 4.48. The van der Waals surface area contributed by atoms with Gasteiger partial charge in [-0.15, -0.1) is 11.6 Å². The fourth-order valence-electron chi connectivity index (χ4n) is 1.27. The van der Waals surface area contributed by atoms with Crippen LogP contribution in [-0.4, -0.2) is 36.5 Å². The van der Waals surface area contributed by atoms with E-state index < -0.39 is 10.0 Å². The summed E-state index contributed by atoms with van der Waals surface area (Å²) in [6.07, 6.45) is 3.22. The minimum absolute atomic E-state index is 0.0982. The van der Waals surface area contributed by atoms with Crippen molar-refractivity contribution in [2.24, 2.45) is 0 Å². The topological polar surface area (TPSA) is 66.1 Å². The van der Waals surface area contributed by atoms with Crippen molar-refractivity contribution in [1.29, 1.82) is 0 Å². The molecule has 0 aliphatic heterocycles. The molecular formula is C9H16ClN3O2S. The maximum atomic E-state index is 12.1. The van der Waals surface area contributed by atoms with Gasteiger partial charge in [0.05, 0.1) is 12.1 Å². The molecule has 16 heavy (non-hydrogen) atoms. The second-order valence-electron chi connectivity index (χ2n) is 3.54. The summed E-state index contributed by atoms with van der Waals surface area (Å²) in [5, 5.41) is 6.30. The Morgan fingerprint density at radius 3 is 2.81 bits per heavy atom. The summed E-state index contributed by atoms with van der Waals surface area (Å²) >= 11 is 5.65. The Bertz CT molecular complexity index is 430. The van der Waals surface area contributed by atoms with Gasteiger partial charge in [0.2, 0.25) is 0 Å². The number of alkyl halides is 1. The molecule has 0 amide bonds. The third kappa shape index (κ3) is 2.75. The molecule has 1 aromatic rings. The predicted octanol–water partition coefficient (Wildman–Crippen LogP) is 1.57. The summed E-state index contributed by atoms with van der Waals surface area (Å²) in [6.45, 7) is 2.51. The molecule has 7 heteroatoms. The number of sulfonamides is 1. The van der Waals surface area contributed by atoms with Crippen molar-refractivity contribution in [3.8, 4) is 0 Å². The maximum Gasteiger partial charge on any atom is 0.260 e. The second-order valence-corrected chi connectivity index (χ2v) is 5.79. The zero-order valence-electron chi connectivity index (χ0n) is 9.40. The minimum atomic E-state index is -3.48. The number of halogens is 1. The van der Waals surface area contributed by atoms with Crippen molar-refractivity contribution in [3.05, 3.63) is 11.8 Å². The number of nitrogens with zero attached hydrogens (tertiary/aromatic N) is 2. The number of hydrogen-bond acceptors (Lipinski definition) is 3. The number of unbranched alkanes of at least 4 members (excludes halogenated alkanes) is 1. The number of hydrogen-bond donors (Lipinski definition) is 1. The lowest BCUT2D eigenvalue weighted by atomic mass is 10.3. The van der Waals surface area contributed by atoms with Gasteiger partial charge in [0, 0.05) is 19.2 Å². The SMILES string of the molecule is CCCCN(C)S(=O)(=O)c1[nH]ncc1CCl. The first-order chi connectivity index (χ1) is 7.54. The zero-order chi connectivity index (χ0) is 12.2. The van der Waals surface area contributed by atoms with Crippen LogP contribution in [0.1, 0.15) is 25.3 Å². The first kappa shape index (κ1) is 13.5. The van der Waals surface area contributed by atoms with Crippen LogP contribution in [0.4, 0.5) is 0 Å². The summed E-state index contributed by atoms with van der Waals surface area (Å²) in [7, 11) is -1.92. The van der Waals surface area contributed by atoms with Gasteiger partial charge in [-0.1, -0.05) is 13.3 Å². The average Bonchev–Trinajstić information content (AvgIpc) is 2.74. The average molecular weight is 266 g/mol. The van der Waals surface area contributed by atoms with Crippen molar-refractivity contribution < 1.29 is 8.42 Å². The first-order valence-electron chi connectivity index (χ1n) is 5.08. The molecule has 1 heterocycles. The first-order valence-corrected chi connectivity index (χ1v) is 7.06. The molecule has 92 valence electrons. The second kappa shape index (κ2) is 5.65. The zero-order valence-corrected chi connectivity index (χ0v) is 11.0. The van der Waals surface area contributed by atoms with Crippen LogP contribution < -0.4 is 0 Å². The van der Waals surface area contributed by atoms with Gasteiger partial charge in [0.15, 0.2) is 5.03 Å². The van der Waals surface area contributed by atoms with E-state index in [4.69, 9.17) is 11.6 Å². The monoisotopic (exact) mass is 265 g/mol. The molecular weight excluding hydrogens is 250 g/mol. The molecule has 0 saturated heterocycles. The number of aromatic nitrogens is 2. The third-order valence-electron chi connectivity index (χ3n) is 2.32. The van der Waals surface area contributed by atoms with Crippen LogP contribution in [0.25, 0.3) is 0 Å². The molecule has 0 fully saturated rings. The van der Waals surface area contributed by atoms with Crippen LogP contribution >= 0.6 is 11.6 Å². The van der Waals surface area contributed by atoms with Gasteiger partial charge in [-0.25, -0.2) is 8.42 Å². The molecule has 0 bridgehead atoms. The normalized spacial score (nSPS) is 12.2. The molecule has 0 atom stereocenters. The van der Waals surface area contributed by atoms with Gasteiger partial charge in [0.1, 0.15) is 0 Å². The predicted molar refractivity (Wildman–Crippen MR) is 62.9 cm³/mol. The smallest absolute Gasteiger partial charge is 0.260 e. The van der Waals surface area contributed by atoms with Crippen molar-refractivity contribution in [3.63, 3.8) is 0 Å². The van der Waals surface area contributed by atoms with Gasteiger partial charge >= 0.3 is 0 Å². The van der Waals surface area contributed by atoms with E-state index in [0.717, 1.165) is 12.8 Å². The van der Waals surface area contributed by atoms with Gasteiger partial charge in [0.25, 0.3) is 10.0 Å². The van der Waals surface area contributed by atoms with Crippen molar-refractivity contribution >= 4 is 21.6 Å². The number of rotatable bonds is 6. The molecule has 0 unspecified atom stereocenters. The largest absolute Gasteiger partial charge is 0.266 e. The fraction of sp³-hybridized carbons (Fsp3) is 0.667. The van der Waals surface area contributed by atoms with Gasteiger partial charge < -0.3 is 0 Å². The van der Waals surface area contributed by atoms with Crippen molar-refractivity contribution in [1.82, 2.24) is 14.5 Å².